The largest absolute Gasteiger partial charge is 0.480 e. The summed E-state index contributed by atoms with van der Waals surface area (Å²) < 4.78 is 13.0. The highest BCUT2D eigenvalue weighted by Gasteiger charge is 2.17. The van der Waals surface area contributed by atoms with Crippen LogP contribution in [0.3, 0.4) is 0 Å². The van der Waals surface area contributed by atoms with Gasteiger partial charge in [-0.2, -0.15) is 0 Å². The summed E-state index contributed by atoms with van der Waals surface area (Å²) in [5.74, 6) is -2.03. The van der Waals surface area contributed by atoms with E-state index < -0.39 is 17.8 Å². The molecule has 1 aromatic rings. The van der Waals surface area contributed by atoms with Crippen molar-refractivity contribution >= 4 is 23.3 Å². The first-order chi connectivity index (χ1) is 6.43. The molecule has 5 N–H and O–H groups in total. The van der Waals surface area contributed by atoms with Gasteiger partial charge in [0.15, 0.2) is 0 Å². The number of anilines is 1. The Labute approximate surface area is 84.3 Å². The molecule has 0 heterocycles. The van der Waals surface area contributed by atoms with Crippen molar-refractivity contribution in [2.24, 2.45) is 5.73 Å². The van der Waals surface area contributed by atoms with Crippen molar-refractivity contribution in [2.75, 3.05) is 5.73 Å². The van der Waals surface area contributed by atoms with Crippen molar-refractivity contribution in [1.82, 2.24) is 0 Å². The van der Waals surface area contributed by atoms with E-state index >= 15 is 0 Å². The minimum Gasteiger partial charge on any atom is -0.480 e. The fourth-order valence-corrected chi connectivity index (χ4v) is 1.14. The monoisotopic (exact) mass is 218 g/mol. The first kappa shape index (κ1) is 10.7. The van der Waals surface area contributed by atoms with Gasteiger partial charge >= 0.3 is 5.97 Å². The average molecular weight is 219 g/mol. The zero-order chi connectivity index (χ0) is 10.9. The van der Waals surface area contributed by atoms with E-state index in [2.05, 4.69) is 0 Å². The molecule has 76 valence electrons. The van der Waals surface area contributed by atoms with E-state index in [-0.39, 0.29) is 16.3 Å². The van der Waals surface area contributed by atoms with E-state index in [9.17, 15) is 9.18 Å². The first-order valence-corrected chi connectivity index (χ1v) is 4.04. The molecule has 1 atom stereocenters. The number of aliphatic carboxylic acids is 1. The van der Waals surface area contributed by atoms with Crippen LogP contribution in [0.2, 0.25) is 5.02 Å². The van der Waals surface area contributed by atoms with Gasteiger partial charge in [-0.1, -0.05) is 11.6 Å². The topological polar surface area (TPSA) is 89.3 Å². The summed E-state index contributed by atoms with van der Waals surface area (Å²) in [5, 5.41) is 8.52. The molecule has 0 aliphatic heterocycles. The summed E-state index contributed by atoms with van der Waals surface area (Å²) in [6.07, 6.45) is 0. The molecule has 1 aromatic carbocycles. The molecule has 1 unspecified atom stereocenters. The number of carboxylic acid groups (broad SMARTS) is 1. The van der Waals surface area contributed by atoms with E-state index in [0.717, 1.165) is 6.07 Å². The molecule has 14 heavy (non-hydrogen) atoms. The van der Waals surface area contributed by atoms with E-state index in [1.54, 1.807) is 0 Å². The van der Waals surface area contributed by atoms with Gasteiger partial charge in [0, 0.05) is 0 Å². The van der Waals surface area contributed by atoms with Gasteiger partial charge in [0.1, 0.15) is 11.9 Å². The van der Waals surface area contributed by atoms with Crippen LogP contribution in [0.15, 0.2) is 12.1 Å². The summed E-state index contributed by atoms with van der Waals surface area (Å²) in [5.41, 5.74) is 10.4. The van der Waals surface area contributed by atoms with Gasteiger partial charge in [-0.15, -0.1) is 0 Å². The van der Waals surface area contributed by atoms with Gasteiger partial charge in [-0.3, -0.25) is 4.79 Å². The van der Waals surface area contributed by atoms with Crippen molar-refractivity contribution in [3.8, 4) is 0 Å². The second-order valence-electron chi connectivity index (χ2n) is 2.71. The Kier molecular flexibility index (Phi) is 2.93. The molecule has 0 saturated heterocycles. The minimum absolute atomic E-state index is 0.0447. The lowest BCUT2D eigenvalue weighted by molar-refractivity contribution is -0.138. The van der Waals surface area contributed by atoms with Crippen LogP contribution in [0.4, 0.5) is 10.1 Å². The maximum atomic E-state index is 13.0. The standard InChI is InChI=1S/C8H8ClFN2O2/c9-4-1-3(6(11)8(13)14)2-5(10)7(4)12/h1-2,6H,11-12H2,(H,13,14). The van der Waals surface area contributed by atoms with Crippen LogP contribution in [0.5, 0.6) is 0 Å². The predicted octanol–water partition coefficient (Wildman–Crippen LogP) is 1.15. The lowest BCUT2D eigenvalue weighted by Gasteiger charge is -2.08. The number of rotatable bonds is 2. The van der Waals surface area contributed by atoms with Gasteiger partial charge in [0.2, 0.25) is 0 Å². The Morgan fingerprint density at radius 1 is 1.57 bits per heavy atom. The smallest absolute Gasteiger partial charge is 0.325 e. The SMILES string of the molecule is Nc1c(F)cc(C(N)C(=O)O)cc1Cl. The number of hydrogen-bond donors (Lipinski definition) is 3. The van der Waals surface area contributed by atoms with Gasteiger partial charge in [-0.05, 0) is 17.7 Å². The van der Waals surface area contributed by atoms with Gasteiger partial charge in [-0.25, -0.2) is 4.39 Å². The number of carboxylic acids is 1. The van der Waals surface area contributed by atoms with E-state index in [1.165, 1.54) is 6.07 Å². The molecule has 0 radical (unpaired) electrons. The number of hydrogen-bond acceptors (Lipinski definition) is 3. The van der Waals surface area contributed by atoms with Crippen LogP contribution >= 0.6 is 11.6 Å². The number of nitrogen functional groups attached to an aromatic ring is 1. The molecule has 4 nitrogen and oxygen atoms in total. The van der Waals surface area contributed by atoms with Gasteiger partial charge in [0.25, 0.3) is 0 Å². The van der Waals surface area contributed by atoms with E-state index in [4.69, 9.17) is 28.2 Å². The van der Waals surface area contributed by atoms with Crippen molar-refractivity contribution in [3.05, 3.63) is 28.5 Å². The summed E-state index contributed by atoms with van der Waals surface area (Å²) in [7, 11) is 0. The zero-order valence-electron chi connectivity index (χ0n) is 7.00. The molecule has 0 saturated carbocycles. The van der Waals surface area contributed by atoms with Gasteiger partial charge < -0.3 is 16.6 Å². The third kappa shape index (κ3) is 1.94. The molecule has 0 aliphatic rings. The fourth-order valence-electron chi connectivity index (χ4n) is 0.926. The summed E-state index contributed by atoms with van der Waals surface area (Å²) in [4.78, 5) is 10.5. The van der Waals surface area contributed by atoms with Crippen LogP contribution in [-0.4, -0.2) is 11.1 Å². The molecule has 1 rings (SSSR count). The Bertz CT molecular complexity index is 361. The van der Waals surface area contributed by atoms with E-state index in [1.807, 2.05) is 0 Å². The first-order valence-electron chi connectivity index (χ1n) is 3.66. The molecule has 0 aromatic heterocycles. The number of benzene rings is 1. The number of carbonyl (C=O) groups is 1. The molecular formula is C8H8ClFN2O2. The summed E-state index contributed by atoms with van der Waals surface area (Å²) in [6.45, 7) is 0. The maximum absolute atomic E-state index is 13.0. The van der Waals surface area contributed by atoms with Crippen molar-refractivity contribution < 1.29 is 14.3 Å². The lowest BCUT2D eigenvalue weighted by Crippen LogP contribution is -2.20. The van der Waals surface area contributed by atoms with Crippen LogP contribution in [0.25, 0.3) is 0 Å². The van der Waals surface area contributed by atoms with Crippen molar-refractivity contribution in [3.63, 3.8) is 0 Å². The minimum atomic E-state index is -1.30. The summed E-state index contributed by atoms with van der Waals surface area (Å²) in [6, 6.07) is 0.890. The Morgan fingerprint density at radius 3 is 2.57 bits per heavy atom. The molecule has 0 aliphatic carbocycles. The third-order valence-electron chi connectivity index (χ3n) is 1.73. The fraction of sp³-hybridized carbons (Fsp3) is 0.125. The van der Waals surface area contributed by atoms with E-state index in [0.29, 0.717) is 0 Å². The predicted molar refractivity (Wildman–Crippen MR) is 50.4 cm³/mol. The van der Waals surface area contributed by atoms with Crippen LogP contribution in [0.1, 0.15) is 11.6 Å². The summed E-state index contributed by atoms with van der Waals surface area (Å²) >= 11 is 5.55. The van der Waals surface area contributed by atoms with Crippen molar-refractivity contribution in [2.45, 2.75) is 6.04 Å². The number of halogens is 2. The highest BCUT2D eigenvalue weighted by atomic mass is 35.5. The highest BCUT2D eigenvalue weighted by Crippen LogP contribution is 2.26. The molecule has 0 bridgehead atoms. The Morgan fingerprint density at radius 2 is 2.14 bits per heavy atom. The van der Waals surface area contributed by atoms with Crippen LogP contribution in [-0.2, 0) is 4.79 Å². The van der Waals surface area contributed by atoms with Crippen molar-refractivity contribution in [1.29, 1.82) is 0 Å². The highest BCUT2D eigenvalue weighted by molar-refractivity contribution is 6.33. The number of nitrogens with two attached hydrogens (primary N) is 2. The molecule has 0 amide bonds. The average Bonchev–Trinajstić information content (AvgIpc) is 2.12. The van der Waals surface area contributed by atoms with Crippen LogP contribution in [0, 0.1) is 5.82 Å². The Balaban J connectivity index is 3.19. The molecule has 0 fully saturated rings. The van der Waals surface area contributed by atoms with Gasteiger partial charge in [0.05, 0.1) is 10.7 Å². The normalized spacial score (nSPS) is 12.5. The quantitative estimate of drug-likeness (QED) is 0.650. The molecule has 6 heteroatoms. The molecular weight excluding hydrogens is 211 g/mol. The second kappa shape index (κ2) is 3.81. The third-order valence-corrected chi connectivity index (χ3v) is 2.04. The lowest BCUT2D eigenvalue weighted by atomic mass is 10.1. The maximum Gasteiger partial charge on any atom is 0.325 e. The molecule has 0 spiro atoms. The van der Waals surface area contributed by atoms with Crippen LogP contribution < -0.4 is 11.5 Å². The zero-order valence-corrected chi connectivity index (χ0v) is 7.75. The Hall–Kier alpha value is -1.33. The second-order valence-corrected chi connectivity index (χ2v) is 3.12.